The summed E-state index contributed by atoms with van der Waals surface area (Å²) in [6, 6.07) is 4.80. The van der Waals surface area contributed by atoms with Crippen LogP contribution in [0.1, 0.15) is 18.4 Å². The van der Waals surface area contributed by atoms with Crippen molar-refractivity contribution in [2.24, 2.45) is 0 Å². The van der Waals surface area contributed by atoms with Crippen LogP contribution in [0.15, 0.2) is 18.2 Å². The van der Waals surface area contributed by atoms with Crippen LogP contribution in [0.4, 0.5) is 11.4 Å². The van der Waals surface area contributed by atoms with E-state index in [0.717, 1.165) is 18.4 Å². The highest BCUT2D eigenvalue weighted by Gasteiger charge is 2.31. The first kappa shape index (κ1) is 15.7. The molecule has 7 nitrogen and oxygen atoms in total. The first-order valence-corrected chi connectivity index (χ1v) is 8.59. The molecule has 0 bridgehead atoms. The molecule has 2 rings (SSSR count). The van der Waals surface area contributed by atoms with Crippen LogP contribution in [-0.4, -0.2) is 43.0 Å². The number of rotatable bonds is 5. The zero-order valence-electron chi connectivity index (χ0n) is 12.1. The monoisotopic (exact) mass is 313 g/mol. The Kier molecular flexibility index (Phi) is 4.48. The van der Waals surface area contributed by atoms with Crippen LogP contribution in [0.3, 0.4) is 0 Å². The van der Waals surface area contributed by atoms with E-state index in [1.165, 1.54) is 16.6 Å². The van der Waals surface area contributed by atoms with Crippen molar-refractivity contribution in [2.75, 3.05) is 24.7 Å². The molecule has 0 saturated carbocycles. The van der Waals surface area contributed by atoms with Crippen LogP contribution in [0.2, 0.25) is 0 Å². The van der Waals surface area contributed by atoms with Gasteiger partial charge in [-0.1, -0.05) is 6.07 Å². The molecule has 1 N–H and O–H groups in total. The number of nitrogens with one attached hydrogen (secondary N) is 1. The summed E-state index contributed by atoms with van der Waals surface area (Å²) >= 11 is 0. The van der Waals surface area contributed by atoms with Gasteiger partial charge in [0.2, 0.25) is 10.0 Å². The lowest BCUT2D eigenvalue weighted by molar-refractivity contribution is -0.384. The molecule has 21 heavy (non-hydrogen) atoms. The first-order chi connectivity index (χ1) is 9.79. The van der Waals surface area contributed by atoms with E-state index in [9.17, 15) is 18.5 Å². The van der Waals surface area contributed by atoms with E-state index in [4.69, 9.17) is 0 Å². The van der Waals surface area contributed by atoms with Gasteiger partial charge in [-0.25, -0.2) is 8.42 Å². The molecular weight excluding hydrogens is 294 g/mol. The van der Waals surface area contributed by atoms with E-state index in [1.54, 1.807) is 19.1 Å². The molecule has 116 valence electrons. The highest BCUT2D eigenvalue weighted by Crippen LogP contribution is 2.27. The van der Waals surface area contributed by atoms with Crippen LogP contribution in [-0.2, 0) is 10.0 Å². The normalized spacial score (nSPS) is 19.6. The quantitative estimate of drug-likeness (QED) is 0.660. The molecule has 1 heterocycles. The maximum atomic E-state index is 11.7. The molecule has 1 aliphatic rings. The van der Waals surface area contributed by atoms with Gasteiger partial charge in [0, 0.05) is 25.2 Å². The zero-order chi connectivity index (χ0) is 15.6. The lowest BCUT2D eigenvalue weighted by atomic mass is 10.1. The molecule has 1 aromatic carbocycles. The van der Waals surface area contributed by atoms with Crippen molar-refractivity contribution in [2.45, 2.75) is 25.8 Å². The van der Waals surface area contributed by atoms with Gasteiger partial charge in [-0.2, -0.15) is 4.31 Å². The van der Waals surface area contributed by atoms with Crippen molar-refractivity contribution in [1.29, 1.82) is 0 Å². The largest absolute Gasteiger partial charge is 0.378 e. The Morgan fingerprint density at radius 3 is 2.81 bits per heavy atom. The second-order valence-electron chi connectivity index (χ2n) is 5.33. The van der Waals surface area contributed by atoms with E-state index < -0.39 is 14.9 Å². The molecule has 0 aromatic heterocycles. The summed E-state index contributed by atoms with van der Waals surface area (Å²) in [6.45, 7) is 2.68. The fraction of sp³-hybridized carbons (Fsp3) is 0.538. The average molecular weight is 313 g/mol. The van der Waals surface area contributed by atoms with Crippen molar-refractivity contribution in [3.05, 3.63) is 33.9 Å². The molecule has 1 fully saturated rings. The van der Waals surface area contributed by atoms with Gasteiger partial charge in [0.1, 0.15) is 5.69 Å². The van der Waals surface area contributed by atoms with Gasteiger partial charge in [-0.05, 0) is 31.4 Å². The van der Waals surface area contributed by atoms with E-state index in [-0.39, 0.29) is 11.7 Å². The summed E-state index contributed by atoms with van der Waals surface area (Å²) in [5.41, 5.74) is 1.25. The molecule has 0 amide bonds. The lowest BCUT2D eigenvalue weighted by Gasteiger charge is -2.22. The predicted octanol–water partition coefficient (Wildman–Crippen LogP) is 1.74. The molecule has 0 spiro atoms. The molecule has 1 aliphatic heterocycles. The van der Waals surface area contributed by atoms with Gasteiger partial charge in [0.25, 0.3) is 5.69 Å². The topological polar surface area (TPSA) is 92.6 Å². The van der Waals surface area contributed by atoms with Crippen LogP contribution < -0.4 is 5.32 Å². The Morgan fingerprint density at radius 2 is 2.19 bits per heavy atom. The molecule has 1 saturated heterocycles. The standard InChI is InChI=1S/C13H19N3O4S/c1-10-5-6-12(13(8-10)16(17)18)14-9-11-4-3-7-15(11)21(2,19)20/h5-6,8,11,14H,3-4,7,9H2,1-2H3/t11-/m1/s1. The SMILES string of the molecule is Cc1ccc(NC[C@H]2CCCN2S(C)(=O)=O)c([N+](=O)[O-])c1. The van der Waals surface area contributed by atoms with Crippen LogP contribution in [0.25, 0.3) is 0 Å². The molecule has 8 heteroatoms. The van der Waals surface area contributed by atoms with Gasteiger partial charge in [-0.15, -0.1) is 0 Å². The van der Waals surface area contributed by atoms with Crippen LogP contribution >= 0.6 is 0 Å². The summed E-state index contributed by atoms with van der Waals surface area (Å²) in [5.74, 6) is 0. The fourth-order valence-corrected chi connectivity index (χ4v) is 3.80. The summed E-state index contributed by atoms with van der Waals surface area (Å²) in [6.07, 6.45) is 2.77. The molecule has 0 unspecified atom stereocenters. The minimum Gasteiger partial charge on any atom is -0.378 e. The van der Waals surface area contributed by atoms with Crippen molar-refractivity contribution in [3.63, 3.8) is 0 Å². The molecule has 0 radical (unpaired) electrons. The first-order valence-electron chi connectivity index (χ1n) is 6.75. The highest BCUT2D eigenvalue weighted by molar-refractivity contribution is 7.88. The number of hydrogen-bond acceptors (Lipinski definition) is 5. The number of anilines is 1. The highest BCUT2D eigenvalue weighted by atomic mass is 32.2. The predicted molar refractivity (Wildman–Crippen MR) is 80.9 cm³/mol. The van der Waals surface area contributed by atoms with Gasteiger partial charge in [0.05, 0.1) is 11.2 Å². The fourth-order valence-electron chi connectivity index (χ4n) is 2.62. The number of nitro benzene ring substituents is 1. The smallest absolute Gasteiger partial charge is 0.292 e. The van der Waals surface area contributed by atoms with Crippen molar-refractivity contribution in [3.8, 4) is 0 Å². The average Bonchev–Trinajstić information content (AvgIpc) is 2.85. The van der Waals surface area contributed by atoms with Crippen LogP contribution in [0.5, 0.6) is 0 Å². The second kappa shape index (κ2) is 5.98. The van der Waals surface area contributed by atoms with E-state index in [2.05, 4.69) is 5.32 Å². The summed E-state index contributed by atoms with van der Waals surface area (Å²) in [7, 11) is -3.23. The van der Waals surface area contributed by atoms with E-state index in [0.29, 0.717) is 18.8 Å². The molecule has 0 aliphatic carbocycles. The molecular formula is C13H19N3O4S. The number of sulfonamides is 1. The van der Waals surface area contributed by atoms with Gasteiger partial charge < -0.3 is 5.32 Å². The van der Waals surface area contributed by atoms with E-state index >= 15 is 0 Å². The van der Waals surface area contributed by atoms with Gasteiger partial charge >= 0.3 is 0 Å². The third-order valence-corrected chi connectivity index (χ3v) is 4.96. The minimum absolute atomic E-state index is 0.0129. The molecule has 1 aromatic rings. The Bertz CT molecular complexity index is 645. The third kappa shape index (κ3) is 3.70. The summed E-state index contributed by atoms with van der Waals surface area (Å²) < 4.78 is 24.8. The van der Waals surface area contributed by atoms with Gasteiger partial charge in [-0.3, -0.25) is 10.1 Å². The molecule has 1 atom stereocenters. The van der Waals surface area contributed by atoms with Crippen molar-refractivity contribution >= 4 is 21.4 Å². The number of nitrogens with zero attached hydrogens (tertiary/aromatic N) is 2. The second-order valence-corrected chi connectivity index (χ2v) is 7.26. The lowest BCUT2D eigenvalue weighted by Crippen LogP contribution is -2.38. The van der Waals surface area contributed by atoms with E-state index in [1.807, 2.05) is 0 Å². The third-order valence-electron chi connectivity index (χ3n) is 3.63. The number of nitro groups is 1. The maximum Gasteiger partial charge on any atom is 0.292 e. The Morgan fingerprint density at radius 1 is 1.48 bits per heavy atom. The van der Waals surface area contributed by atoms with Gasteiger partial charge in [0.15, 0.2) is 0 Å². The van der Waals surface area contributed by atoms with Crippen LogP contribution in [0, 0.1) is 17.0 Å². The Balaban J connectivity index is 2.12. The van der Waals surface area contributed by atoms with Crippen molar-refractivity contribution < 1.29 is 13.3 Å². The summed E-state index contributed by atoms with van der Waals surface area (Å²) in [4.78, 5) is 10.6. The summed E-state index contributed by atoms with van der Waals surface area (Å²) in [5, 5.41) is 14.1. The Hall–Kier alpha value is -1.67. The Labute approximate surface area is 124 Å². The zero-order valence-corrected chi connectivity index (χ0v) is 12.9. The number of aryl methyl sites for hydroxylation is 1. The maximum absolute atomic E-state index is 11.7. The number of benzene rings is 1. The minimum atomic E-state index is -3.23. The number of hydrogen-bond donors (Lipinski definition) is 1. The van der Waals surface area contributed by atoms with Crippen molar-refractivity contribution in [1.82, 2.24) is 4.31 Å².